The largest absolute Gasteiger partial charge is 0.480 e. The number of carboxylic acids is 1. The van der Waals surface area contributed by atoms with E-state index in [2.05, 4.69) is 25.9 Å². The molecule has 1 heterocycles. The molecule has 0 aliphatic rings. The highest BCUT2D eigenvalue weighted by molar-refractivity contribution is 5.94. The summed E-state index contributed by atoms with van der Waals surface area (Å²) in [6.45, 7) is -0.290. The van der Waals surface area contributed by atoms with Crippen molar-refractivity contribution in [2.24, 2.45) is 22.2 Å². The number of para-hydroxylation sites is 1. The van der Waals surface area contributed by atoms with Gasteiger partial charge in [-0.1, -0.05) is 72.8 Å². The number of aromatic nitrogens is 1. The zero-order valence-electron chi connectivity index (χ0n) is 26.5. The molecule has 0 unspecified atom stereocenters. The van der Waals surface area contributed by atoms with Crippen LogP contribution in [0.2, 0.25) is 0 Å². The third-order valence-corrected chi connectivity index (χ3v) is 7.83. The van der Waals surface area contributed by atoms with E-state index in [1.54, 1.807) is 0 Å². The van der Waals surface area contributed by atoms with Crippen LogP contribution in [0.4, 0.5) is 0 Å². The maximum atomic E-state index is 13.8. The maximum absolute atomic E-state index is 13.8. The fourth-order valence-corrected chi connectivity index (χ4v) is 5.31. The molecular weight excluding hydrogens is 612 g/mol. The third-order valence-electron chi connectivity index (χ3n) is 7.83. The van der Waals surface area contributed by atoms with Crippen LogP contribution in [0.15, 0.2) is 90.1 Å². The number of amides is 3. The van der Waals surface area contributed by atoms with E-state index < -0.39 is 48.4 Å². The Balaban J connectivity index is 1.51. The molecule has 48 heavy (non-hydrogen) atoms. The van der Waals surface area contributed by atoms with Crippen molar-refractivity contribution < 1.29 is 24.3 Å². The number of nitrogens with zero attached hydrogens (tertiary/aromatic N) is 1. The molecule has 0 aliphatic carbocycles. The number of fused-ring (bicyclic) bond motifs is 1. The summed E-state index contributed by atoms with van der Waals surface area (Å²) in [4.78, 5) is 58.4. The molecule has 252 valence electrons. The molecule has 0 aliphatic heterocycles. The lowest BCUT2D eigenvalue weighted by atomic mass is 9.99. The first-order valence-corrected chi connectivity index (χ1v) is 15.7. The van der Waals surface area contributed by atoms with Crippen molar-refractivity contribution in [3.8, 4) is 11.1 Å². The van der Waals surface area contributed by atoms with Crippen molar-refractivity contribution in [3.63, 3.8) is 0 Å². The number of hydrogen-bond donors (Lipinski definition) is 8. The molecule has 0 saturated carbocycles. The molecule has 13 heteroatoms. The van der Waals surface area contributed by atoms with Gasteiger partial charge in [-0.3, -0.25) is 24.2 Å². The summed E-state index contributed by atoms with van der Waals surface area (Å²) in [6.07, 6.45) is 3.31. The average Bonchev–Trinajstić information content (AvgIpc) is 3.49. The minimum Gasteiger partial charge on any atom is -0.480 e. The highest BCUT2D eigenvalue weighted by Crippen LogP contribution is 2.21. The van der Waals surface area contributed by atoms with Gasteiger partial charge in [-0.05, 0) is 54.0 Å². The third kappa shape index (κ3) is 10.4. The summed E-state index contributed by atoms with van der Waals surface area (Å²) in [6, 6.07) is 22.0. The van der Waals surface area contributed by atoms with Crippen LogP contribution < -0.4 is 33.2 Å². The highest BCUT2D eigenvalue weighted by atomic mass is 16.4. The zero-order chi connectivity index (χ0) is 34.5. The average molecular weight is 655 g/mol. The number of carboxylic acid groups (broad SMARTS) is 1. The van der Waals surface area contributed by atoms with Crippen molar-refractivity contribution in [1.29, 1.82) is 0 Å². The maximum Gasteiger partial charge on any atom is 0.322 e. The van der Waals surface area contributed by atoms with Crippen LogP contribution in [0.1, 0.15) is 30.4 Å². The lowest BCUT2D eigenvalue weighted by Crippen LogP contribution is -2.56. The number of aliphatic imine (C=N–C) groups is 1. The summed E-state index contributed by atoms with van der Waals surface area (Å²) in [5, 5.41) is 17.9. The summed E-state index contributed by atoms with van der Waals surface area (Å²) in [5.41, 5.74) is 21.7. The Morgan fingerprint density at radius 2 is 1.44 bits per heavy atom. The quantitative estimate of drug-likeness (QED) is 0.0472. The molecule has 4 aromatic rings. The van der Waals surface area contributed by atoms with E-state index in [1.807, 2.05) is 85.1 Å². The predicted molar refractivity (Wildman–Crippen MR) is 185 cm³/mol. The van der Waals surface area contributed by atoms with Crippen molar-refractivity contribution in [2.75, 3.05) is 13.1 Å². The van der Waals surface area contributed by atoms with Crippen LogP contribution in [0.5, 0.6) is 0 Å². The van der Waals surface area contributed by atoms with E-state index in [1.165, 1.54) is 0 Å². The highest BCUT2D eigenvalue weighted by Gasteiger charge is 2.29. The molecule has 0 bridgehead atoms. The van der Waals surface area contributed by atoms with Gasteiger partial charge in [0.2, 0.25) is 17.7 Å². The second-order valence-corrected chi connectivity index (χ2v) is 11.5. The van der Waals surface area contributed by atoms with E-state index in [-0.39, 0.29) is 25.2 Å². The van der Waals surface area contributed by atoms with E-state index in [0.29, 0.717) is 19.4 Å². The second kappa shape index (κ2) is 17.3. The lowest BCUT2D eigenvalue weighted by molar-refractivity contribution is -0.138. The summed E-state index contributed by atoms with van der Waals surface area (Å²) in [5.74, 6) is -3.10. The van der Waals surface area contributed by atoms with Crippen LogP contribution in [-0.2, 0) is 32.0 Å². The monoisotopic (exact) mass is 654 g/mol. The van der Waals surface area contributed by atoms with Crippen LogP contribution in [0.3, 0.4) is 0 Å². The Bertz CT molecular complexity index is 1720. The normalized spacial score (nSPS) is 12.8. The van der Waals surface area contributed by atoms with Gasteiger partial charge >= 0.3 is 5.97 Å². The first-order valence-electron chi connectivity index (χ1n) is 15.7. The molecule has 0 fully saturated rings. The molecule has 11 N–H and O–H groups in total. The van der Waals surface area contributed by atoms with E-state index in [0.717, 1.165) is 33.2 Å². The minimum absolute atomic E-state index is 0.0580. The van der Waals surface area contributed by atoms with E-state index >= 15 is 0 Å². The standard InChI is InChI=1S/C35H42N8O5/c36-27(19-25-20-40-28-11-5-4-10-26(25)28)32(46)43-30(18-22-13-15-24(16-14-22)23-8-2-1-3-9-23)34(48)42-29(33(47)41-21-31(44)45)12-6-7-17-39-35(37)38/h1-5,8-11,13-16,20,27,29-30,40H,6-7,12,17-19,21,36H2,(H,41,47)(H,42,48)(H,43,46)(H,44,45)(H4,37,38,39)/t27-,29-,30-/m0/s1. The Kier molecular flexibility index (Phi) is 12.7. The van der Waals surface area contributed by atoms with Crippen LogP contribution in [-0.4, -0.2) is 71.0 Å². The number of benzene rings is 3. The fourth-order valence-electron chi connectivity index (χ4n) is 5.31. The van der Waals surface area contributed by atoms with E-state index in [4.69, 9.17) is 22.3 Å². The first kappa shape index (κ1) is 35.2. The Morgan fingerprint density at radius 3 is 2.15 bits per heavy atom. The number of hydrogen-bond acceptors (Lipinski definition) is 6. The second-order valence-electron chi connectivity index (χ2n) is 11.5. The van der Waals surface area contributed by atoms with Gasteiger partial charge in [-0.25, -0.2) is 0 Å². The number of unbranched alkanes of at least 4 members (excludes halogenated alkanes) is 1. The van der Waals surface area contributed by atoms with E-state index in [9.17, 15) is 19.2 Å². The van der Waals surface area contributed by atoms with Gasteiger partial charge in [0.1, 0.15) is 18.6 Å². The van der Waals surface area contributed by atoms with Crippen LogP contribution >= 0.6 is 0 Å². The number of nitrogens with two attached hydrogens (primary N) is 3. The number of guanidine groups is 1. The minimum atomic E-state index is -1.23. The molecule has 4 rings (SSSR count). The van der Waals surface area contributed by atoms with Gasteiger partial charge in [0, 0.05) is 30.1 Å². The predicted octanol–water partition coefficient (Wildman–Crippen LogP) is 1.56. The van der Waals surface area contributed by atoms with Gasteiger partial charge < -0.3 is 43.2 Å². The Morgan fingerprint density at radius 1 is 0.771 bits per heavy atom. The van der Waals surface area contributed by atoms with Gasteiger partial charge in [0.15, 0.2) is 5.96 Å². The molecule has 0 saturated heterocycles. The zero-order valence-corrected chi connectivity index (χ0v) is 26.5. The van der Waals surface area contributed by atoms with Crippen LogP contribution in [0.25, 0.3) is 22.0 Å². The van der Waals surface area contributed by atoms with Crippen molar-refractivity contribution in [1.82, 2.24) is 20.9 Å². The molecule has 3 aromatic carbocycles. The number of H-pyrrole nitrogens is 1. The molecule has 3 atom stereocenters. The molecule has 1 aromatic heterocycles. The summed E-state index contributed by atoms with van der Waals surface area (Å²) < 4.78 is 0. The summed E-state index contributed by atoms with van der Waals surface area (Å²) >= 11 is 0. The SMILES string of the molecule is NC(N)=NCCCC[C@H](NC(=O)[C@H](Cc1ccc(-c2ccccc2)cc1)NC(=O)[C@@H](N)Cc1c[nH]c2ccccc12)C(=O)NCC(=O)O. The number of aliphatic carboxylic acids is 1. The smallest absolute Gasteiger partial charge is 0.322 e. The van der Waals surface area contributed by atoms with Gasteiger partial charge in [0.25, 0.3) is 0 Å². The lowest BCUT2D eigenvalue weighted by Gasteiger charge is -2.24. The number of aromatic amines is 1. The topological polar surface area (TPSA) is 231 Å². The number of carbonyl (C=O) groups excluding carboxylic acids is 3. The Hall–Kier alpha value is -5.69. The van der Waals surface area contributed by atoms with Gasteiger partial charge in [-0.15, -0.1) is 0 Å². The number of carbonyl (C=O) groups is 4. The van der Waals surface area contributed by atoms with Crippen LogP contribution in [0, 0.1) is 0 Å². The van der Waals surface area contributed by atoms with Gasteiger partial charge in [-0.2, -0.15) is 0 Å². The van der Waals surface area contributed by atoms with Crippen molar-refractivity contribution in [3.05, 3.63) is 96.2 Å². The Labute approximate surface area is 278 Å². The molecule has 13 nitrogen and oxygen atoms in total. The van der Waals surface area contributed by atoms with Crippen molar-refractivity contribution in [2.45, 2.75) is 50.2 Å². The first-order chi connectivity index (χ1) is 23.1. The molecule has 3 amide bonds. The number of rotatable bonds is 17. The fraction of sp³-hybridized carbons (Fsp3) is 0.286. The summed E-state index contributed by atoms with van der Waals surface area (Å²) in [7, 11) is 0. The van der Waals surface area contributed by atoms with Gasteiger partial charge in [0.05, 0.1) is 6.04 Å². The number of nitrogens with one attached hydrogen (secondary N) is 4. The molecular formula is C35H42N8O5. The van der Waals surface area contributed by atoms with Crippen molar-refractivity contribution >= 4 is 40.6 Å². The molecule has 0 radical (unpaired) electrons. The molecule has 0 spiro atoms.